The van der Waals surface area contributed by atoms with Crippen LogP contribution in [-0.2, 0) is 0 Å². The Morgan fingerprint density at radius 1 is 1.16 bits per heavy atom. The molecule has 2 aromatic rings. The Hall–Kier alpha value is -1.81. The van der Waals surface area contributed by atoms with Crippen LogP contribution in [0.2, 0.25) is 5.02 Å². The van der Waals surface area contributed by atoms with Crippen molar-refractivity contribution < 1.29 is 0 Å². The Kier molecular flexibility index (Phi) is 4.58. The molecule has 1 heterocycles. The van der Waals surface area contributed by atoms with E-state index in [9.17, 15) is 0 Å². The molecule has 1 aromatic heterocycles. The van der Waals surface area contributed by atoms with Crippen molar-refractivity contribution in [1.29, 1.82) is 0 Å². The lowest BCUT2D eigenvalue weighted by atomic mass is 10.2. The third-order valence-corrected chi connectivity index (χ3v) is 2.92. The highest BCUT2D eigenvalue weighted by Gasteiger charge is 2.03. The minimum Gasteiger partial charge on any atom is -0.370 e. The van der Waals surface area contributed by atoms with Gasteiger partial charge in [0.15, 0.2) is 0 Å². The maximum Gasteiger partial charge on any atom is 0.135 e. The van der Waals surface area contributed by atoms with E-state index < -0.39 is 0 Å². The summed E-state index contributed by atoms with van der Waals surface area (Å²) in [7, 11) is 0. The minimum atomic E-state index is 0.682. The fraction of sp³-hybridized carbons (Fsp3) is 0.286. The molecule has 2 N–H and O–H groups in total. The van der Waals surface area contributed by atoms with Crippen molar-refractivity contribution in [2.75, 3.05) is 17.2 Å². The predicted octanol–water partition coefficient (Wildman–Crippen LogP) is 4.00. The summed E-state index contributed by atoms with van der Waals surface area (Å²) in [6.07, 6.45) is 2.58. The molecule has 0 bridgehead atoms. The van der Waals surface area contributed by atoms with Crippen molar-refractivity contribution in [3.8, 4) is 0 Å². The first-order valence-corrected chi connectivity index (χ1v) is 6.66. The summed E-state index contributed by atoms with van der Waals surface area (Å²) < 4.78 is 0. The van der Waals surface area contributed by atoms with E-state index in [1.165, 1.54) is 6.33 Å². The minimum absolute atomic E-state index is 0.682. The summed E-state index contributed by atoms with van der Waals surface area (Å²) in [5.41, 5.74) is 1.97. The molecule has 0 atom stereocenters. The van der Waals surface area contributed by atoms with Gasteiger partial charge in [-0.2, -0.15) is 0 Å². The molecule has 2 rings (SSSR count). The summed E-state index contributed by atoms with van der Waals surface area (Å²) in [4.78, 5) is 8.35. The fourth-order valence-electron chi connectivity index (χ4n) is 1.63. The Bertz CT molecular complexity index is 557. The maximum absolute atomic E-state index is 6.18. The number of rotatable bonds is 5. The van der Waals surface area contributed by atoms with E-state index in [1.807, 2.05) is 31.2 Å². The molecule has 1 aromatic carbocycles. The lowest BCUT2D eigenvalue weighted by Crippen LogP contribution is -2.03. The summed E-state index contributed by atoms with van der Waals surface area (Å²) >= 11 is 6.18. The molecular weight excluding hydrogens is 260 g/mol. The van der Waals surface area contributed by atoms with Gasteiger partial charge >= 0.3 is 0 Å². The monoisotopic (exact) mass is 276 g/mol. The maximum atomic E-state index is 6.18. The second kappa shape index (κ2) is 6.38. The number of nitrogens with zero attached hydrogens (tertiary/aromatic N) is 2. The molecule has 100 valence electrons. The van der Waals surface area contributed by atoms with Crippen LogP contribution in [0.4, 0.5) is 17.3 Å². The van der Waals surface area contributed by atoms with Gasteiger partial charge in [-0.25, -0.2) is 9.97 Å². The second-order valence-electron chi connectivity index (χ2n) is 4.32. The predicted molar refractivity (Wildman–Crippen MR) is 80.3 cm³/mol. The number of hydrogen-bond donors (Lipinski definition) is 2. The normalized spacial score (nSPS) is 10.3. The molecule has 0 saturated heterocycles. The lowest BCUT2D eigenvalue weighted by Gasteiger charge is -2.09. The van der Waals surface area contributed by atoms with Crippen molar-refractivity contribution in [3.63, 3.8) is 0 Å². The van der Waals surface area contributed by atoms with E-state index in [0.717, 1.165) is 35.9 Å². The zero-order valence-corrected chi connectivity index (χ0v) is 11.8. The Morgan fingerprint density at radius 3 is 2.68 bits per heavy atom. The third kappa shape index (κ3) is 3.83. The average molecular weight is 277 g/mol. The van der Waals surface area contributed by atoms with Gasteiger partial charge in [-0.15, -0.1) is 0 Å². The van der Waals surface area contributed by atoms with Gasteiger partial charge in [0.05, 0.1) is 10.7 Å². The number of anilines is 3. The molecule has 19 heavy (non-hydrogen) atoms. The van der Waals surface area contributed by atoms with E-state index in [-0.39, 0.29) is 0 Å². The van der Waals surface area contributed by atoms with Gasteiger partial charge in [0.2, 0.25) is 0 Å². The van der Waals surface area contributed by atoms with E-state index >= 15 is 0 Å². The quantitative estimate of drug-likeness (QED) is 0.866. The van der Waals surface area contributed by atoms with Gasteiger partial charge in [0.25, 0.3) is 0 Å². The topological polar surface area (TPSA) is 49.8 Å². The van der Waals surface area contributed by atoms with Crippen LogP contribution < -0.4 is 10.6 Å². The Balaban J connectivity index is 2.14. The van der Waals surface area contributed by atoms with Crippen LogP contribution in [0.25, 0.3) is 0 Å². The first-order valence-electron chi connectivity index (χ1n) is 6.28. The summed E-state index contributed by atoms with van der Waals surface area (Å²) in [6.45, 7) is 5.01. The summed E-state index contributed by atoms with van der Waals surface area (Å²) in [5, 5.41) is 7.10. The number of hydrogen-bond acceptors (Lipinski definition) is 4. The highest BCUT2D eigenvalue weighted by molar-refractivity contribution is 6.33. The molecule has 0 spiro atoms. The molecule has 0 aliphatic carbocycles. The Morgan fingerprint density at radius 2 is 1.95 bits per heavy atom. The Labute approximate surface area is 118 Å². The zero-order valence-electron chi connectivity index (χ0n) is 11.1. The zero-order chi connectivity index (χ0) is 13.7. The van der Waals surface area contributed by atoms with Crippen LogP contribution in [0, 0.1) is 6.92 Å². The molecule has 0 saturated carbocycles. The summed E-state index contributed by atoms with van der Waals surface area (Å²) in [6, 6.07) is 7.73. The third-order valence-electron chi connectivity index (χ3n) is 2.61. The van der Waals surface area contributed by atoms with Crippen LogP contribution in [0.3, 0.4) is 0 Å². The fourth-order valence-corrected chi connectivity index (χ4v) is 1.92. The molecule has 4 nitrogen and oxygen atoms in total. The van der Waals surface area contributed by atoms with Crippen molar-refractivity contribution in [2.45, 2.75) is 20.3 Å². The van der Waals surface area contributed by atoms with E-state index in [0.29, 0.717) is 5.02 Å². The molecule has 0 aliphatic heterocycles. The number of nitrogens with one attached hydrogen (secondary N) is 2. The van der Waals surface area contributed by atoms with Crippen molar-refractivity contribution in [3.05, 3.63) is 41.2 Å². The molecular formula is C14H17ClN4. The van der Waals surface area contributed by atoms with Gasteiger partial charge in [-0.05, 0) is 31.0 Å². The van der Waals surface area contributed by atoms with Crippen LogP contribution in [-0.4, -0.2) is 16.5 Å². The van der Waals surface area contributed by atoms with E-state index in [2.05, 4.69) is 27.5 Å². The van der Waals surface area contributed by atoms with Crippen molar-refractivity contribution in [1.82, 2.24) is 9.97 Å². The highest BCUT2D eigenvalue weighted by Crippen LogP contribution is 2.25. The first-order chi connectivity index (χ1) is 9.19. The van der Waals surface area contributed by atoms with Crippen LogP contribution in [0.1, 0.15) is 18.9 Å². The van der Waals surface area contributed by atoms with Crippen molar-refractivity contribution in [2.24, 2.45) is 0 Å². The van der Waals surface area contributed by atoms with E-state index in [1.54, 1.807) is 0 Å². The lowest BCUT2D eigenvalue weighted by molar-refractivity contribution is 0.965. The SMILES string of the molecule is CCCNc1cc(Nc2ccc(C)cc2Cl)ncn1. The van der Waals surface area contributed by atoms with Gasteiger partial charge < -0.3 is 10.6 Å². The number of halogens is 1. The second-order valence-corrected chi connectivity index (χ2v) is 4.73. The summed E-state index contributed by atoms with van der Waals surface area (Å²) in [5.74, 6) is 1.53. The van der Waals surface area contributed by atoms with Gasteiger partial charge in [0, 0.05) is 12.6 Å². The van der Waals surface area contributed by atoms with Crippen LogP contribution in [0.15, 0.2) is 30.6 Å². The van der Waals surface area contributed by atoms with Crippen molar-refractivity contribution >= 4 is 28.9 Å². The van der Waals surface area contributed by atoms with Crippen LogP contribution >= 0.6 is 11.6 Å². The van der Waals surface area contributed by atoms with Gasteiger partial charge in [-0.3, -0.25) is 0 Å². The smallest absolute Gasteiger partial charge is 0.135 e. The number of aryl methyl sites for hydroxylation is 1. The largest absolute Gasteiger partial charge is 0.370 e. The number of aromatic nitrogens is 2. The molecule has 0 unspecified atom stereocenters. The van der Waals surface area contributed by atoms with Gasteiger partial charge in [-0.1, -0.05) is 24.6 Å². The van der Waals surface area contributed by atoms with Crippen LogP contribution in [0.5, 0.6) is 0 Å². The number of benzene rings is 1. The molecule has 0 amide bonds. The molecule has 0 aliphatic rings. The van der Waals surface area contributed by atoms with E-state index in [4.69, 9.17) is 11.6 Å². The average Bonchev–Trinajstić information content (AvgIpc) is 2.40. The standard InChI is InChI=1S/C14H17ClN4/c1-3-6-16-13-8-14(18-9-17-13)19-12-5-4-10(2)7-11(12)15/h4-5,7-9H,3,6H2,1-2H3,(H2,16,17,18,19). The van der Waals surface area contributed by atoms with Gasteiger partial charge in [0.1, 0.15) is 18.0 Å². The molecule has 0 radical (unpaired) electrons. The highest BCUT2D eigenvalue weighted by atomic mass is 35.5. The molecule has 0 fully saturated rings. The first kappa shape index (κ1) is 13.6. The molecule has 5 heteroatoms.